The van der Waals surface area contributed by atoms with Crippen molar-refractivity contribution in [3.05, 3.63) is 54.7 Å². The zero-order valence-electron chi connectivity index (χ0n) is 11.0. The third-order valence-electron chi connectivity index (χ3n) is 3.05. The highest BCUT2D eigenvalue weighted by Crippen LogP contribution is 2.35. The fourth-order valence-corrected chi connectivity index (χ4v) is 2.08. The zero-order chi connectivity index (χ0) is 13.9. The van der Waals surface area contributed by atoms with E-state index in [2.05, 4.69) is 4.98 Å². The summed E-state index contributed by atoms with van der Waals surface area (Å²) in [5, 5.41) is 0.874. The molecule has 0 aliphatic rings. The number of benzene rings is 2. The summed E-state index contributed by atoms with van der Waals surface area (Å²) in [6.07, 6.45) is 1.71. The fraction of sp³-hybridized carbons (Fsp3) is 0.0625. The van der Waals surface area contributed by atoms with E-state index in [1.165, 1.54) is 0 Å². The van der Waals surface area contributed by atoms with Crippen LogP contribution < -0.4 is 15.2 Å². The number of anilines is 1. The summed E-state index contributed by atoms with van der Waals surface area (Å²) < 4.78 is 11.2. The summed E-state index contributed by atoms with van der Waals surface area (Å²) in [6, 6.07) is 14.9. The number of methoxy groups -OCH3 is 1. The van der Waals surface area contributed by atoms with E-state index in [0.29, 0.717) is 22.9 Å². The molecule has 0 atom stereocenters. The van der Waals surface area contributed by atoms with Crippen molar-refractivity contribution >= 4 is 16.6 Å². The van der Waals surface area contributed by atoms with Crippen LogP contribution in [0.1, 0.15) is 0 Å². The number of aromatic nitrogens is 1. The maximum atomic E-state index is 5.95. The van der Waals surface area contributed by atoms with Gasteiger partial charge in [-0.15, -0.1) is 0 Å². The number of nitrogens with zero attached hydrogens (tertiary/aromatic N) is 1. The van der Waals surface area contributed by atoms with Gasteiger partial charge in [0.1, 0.15) is 5.75 Å². The standard InChI is InChI=1S/C16H14N2O2/c1-19-14-6-2-3-7-15(14)20-13-9-8-12(17)16-11(13)5-4-10-18-16/h2-10H,17H2,1H3. The molecule has 0 spiro atoms. The molecule has 2 N–H and O–H groups in total. The van der Waals surface area contributed by atoms with Crippen LogP contribution in [0.3, 0.4) is 0 Å². The molecule has 0 saturated carbocycles. The van der Waals surface area contributed by atoms with Crippen LogP contribution in [0.5, 0.6) is 17.2 Å². The molecule has 4 nitrogen and oxygen atoms in total. The molecule has 3 aromatic rings. The Bertz CT molecular complexity index is 756. The molecule has 4 heteroatoms. The lowest BCUT2D eigenvalue weighted by atomic mass is 10.1. The molecule has 0 amide bonds. The van der Waals surface area contributed by atoms with Gasteiger partial charge in [-0.3, -0.25) is 4.98 Å². The molecule has 0 aliphatic carbocycles. The van der Waals surface area contributed by atoms with Crippen LogP contribution in [-0.4, -0.2) is 12.1 Å². The molecule has 1 aromatic heterocycles. The van der Waals surface area contributed by atoms with Crippen molar-refractivity contribution in [2.45, 2.75) is 0 Å². The van der Waals surface area contributed by atoms with E-state index in [1.54, 1.807) is 19.4 Å². The second-order valence-electron chi connectivity index (χ2n) is 4.31. The highest BCUT2D eigenvalue weighted by molar-refractivity contribution is 5.93. The number of ether oxygens (including phenoxy) is 2. The average Bonchev–Trinajstić information content (AvgIpc) is 2.51. The largest absolute Gasteiger partial charge is 0.493 e. The molecular weight excluding hydrogens is 252 g/mol. The van der Waals surface area contributed by atoms with E-state index in [-0.39, 0.29) is 0 Å². The maximum Gasteiger partial charge on any atom is 0.169 e. The number of fused-ring (bicyclic) bond motifs is 1. The van der Waals surface area contributed by atoms with E-state index in [9.17, 15) is 0 Å². The van der Waals surface area contributed by atoms with Crippen LogP contribution in [-0.2, 0) is 0 Å². The van der Waals surface area contributed by atoms with Gasteiger partial charge in [-0.2, -0.15) is 0 Å². The molecule has 0 unspecified atom stereocenters. The van der Waals surface area contributed by atoms with Gasteiger partial charge in [0.05, 0.1) is 18.3 Å². The number of hydrogen-bond donors (Lipinski definition) is 1. The van der Waals surface area contributed by atoms with Gasteiger partial charge in [0.15, 0.2) is 11.5 Å². The molecule has 0 bridgehead atoms. The van der Waals surface area contributed by atoms with Crippen molar-refractivity contribution in [1.82, 2.24) is 4.98 Å². The molecule has 0 radical (unpaired) electrons. The average molecular weight is 266 g/mol. The van der Waals surface area contributed by atoms with E-state index < -0.39 is 0 Å². The SMILES string of the molecule is COc1ccccc1Oc1ccc(N)c2ncccc12. The lowest BCUT2D eigenvalue weighted by Crippen LogP contribution is -1.94. The molecule has 100 valence electrons. The normalized spacial score (nSPS) is 10.4. The summed E-state index contributed by atoms with van der Waals surface area (Å²) in [5.41, 5.74) is 7.30. The van der Waals surface area contributed by atoms with Gasteiger partial charge in [0, 0.05) is 11.6 Å². The Kier molecular flexibility index (Phi) is 3.13. The highest BCUT2D eigenvalue weighted by atomic mass is 16.5. The first-order valence-electron chi connectivity index (χ1n) is 6.23. The smallest absolute Gasteiger partial charge is 0.169 e. The number of hydrogen-bond acceptors (Lipinski definition) is 4. The van der Waals surface area contributed by atoms with Gasteiger partial charge in [0.2, 0.25) is 0 Å². The number of pyridine rings is 1. The monoisotopic (exact) mass is 266 g/mol. The summed E-state index contributed by atoms with van der Waals surface area (Å²) in [4.78, 5) is 4.29. The molecule has 1 heterocycles. The molecule has 2 aromatic carbocycles. The Hall–Kier alpha value is -2.75. The first-order chi connectivity index (χ1) is 9.79. The van der Waals surface area contributed by atoms with Crippen molar-refractivity contribution in [1.29, 1.82) is 0 Å². The van der Waals surface area contributed by atoms with E-state index in [1.807, 2.05) is 42.5 Å². The number of nitrogen functional groups attached to an aromatic ring is 1. The van der Waals surface area contributed by atoms with E-state index in [4.69, 9.17) is 15.2 Å². The molecular formula is C16H14N2O2. The van der Waals surface area contributed by atoms with Crippen LogP contribution in [0, 0.1) is 0 Å². The molecule has 0 fully saturated rings. The Morgan fingerprint density at radius 3 is 2.50 bits per heavy atom. The Labute approximate surface area is 116 Å². The van der Waals surface area contributed by atoms with E-state index in [0.717, 1.165) is 10.9 Å². The van der Waals surface area contributed by atoms with Crippen LogP contribution >= 0.6 is 0 Å². The predicted molar refractivity (Wildman–Crippen MR) is 79.2 cm³/mol. The lowest BCUT2D eigenvalue weighted by molar-refractivity contribution is 0.380. The summed E-state index contributed by atoms with van der Waals surface area (Å²) in [5.74, 6) is 2.04. The molecule has 0 aliphatic heterocycles. The van der Waals surface area contributed by atoms with Crippen molar-refractivity contribution in [2.24, 2.45) is 0 Å². The lowest BCUT2D eigenvalue weighted by Gasteiger charge is -2.12. The highest BCUT2D eigenvalue weighted by Gasteiger charge is 2.09. The first kappa shape index (κ1) is 12.3. The summed E-state index contributed by atoms with van der Waals surface area (Å²) >= 11 is 0. The molecule has 0 saturated heterocycles. The minimum absolute atomic E-state index is 0.632. The number of rotatable bonds is 3. The predicted octanol–water partition coefficient (Wildman–Crippen LogP) is 3.62. The third kappa shape index (κ3) is 2.12. The van der Waals surface area contributed by atoms with Crippen molar-refractivity contribution < 1.29 is 9.47 Å². The summed E-state index contributed by atoms with van der Waals surface area (Å²) in [7, 11) is 1.62. The number of para-hydroxylation sites is 2. The minimum atomic E-state index is 0.632. The second-order valence-corrected chi connectivity index (χ2v) is 4.31. The Morgan fingerprint density at radius 1 is 0.900 bits per heavy atom. The maximum absolute atomic E-state index is 5.95. The second kappa shape index (κ2) is 5.09. The zero-order valence-corrected chi connectivity index (χ0v) is 11.0. The topological polar surface area (TPSA) is 57.4 Å². The van der Waals surface area contributed by atoms with Crippen LogP contribution in [0.2, 0.25) is 0 Å². The van der Waals surface area contributed by atoms with Gasteiger partial charge in [-0.05, 0) is 36.4 Å². The van der Waals surface area contributed by atoms with Gasteiger partial charge in [-0.25, -0.2) is 0 Å². The molecule has 20 heavy (non-hydrogen) atoms. The van der Waals surface area contributed by atoms with Gasteiger partial charge in [-0.1, -0.05) is 12.1 Å². The minimum Gasteiger partial charge on any atom is -0.493 e. The van der Waals surface area contributed by atoms with Gasteiger partial charge in [0.25, 0.3) is 0 Å². The van der Waals surface area contributed by atoms with Gasteiger partial charge >= 0.3 is 0 Å². The van der Waals surface area contributed by atoms with Crippen molar-refractivity contribution in [3.8, 4) is 17.2 Å². The van der Waals surface area contributed by atoms with Crippen LogP contribution in [0.4, 0.5) is 5.69 Å². The Morgan fingerprint density at radius 2 is 1.70 bits per heavy atom. The summed E-state index contributed by atoms with van der Waals surface area (Å²) in [6.45, 7) is 0. The van der Waals surface area contributed by atoms with E-state index >= 15 is 0 Å². The fourth-order valence-electron chi connectivity index (χ4n) is 2.08. The Balaban J connectivity index is 2.09. The van der Waals surface area contributed by atoms with Crippen LogP contribution in [0.15, 0.2) is 54.7 Å². The van der Waals surface area contributed by atoms with Gasteiger partial charge < -0.3 is 15.2 Å². The first-order valence-corrected chi connectivity index (χ1v) is 6.23. The van der Waals surface area contributed by atoms with Crippen LogP contribution in [0.25, 0.3) is 10.9 Å². The number of nitrogens with two attached hydrogens (primary N) is 1. The molecule has 3 rings (SSSR count). The van der Waals surface area contributed by atoms with Crippen molar-refractivity contribution in [2.75, 3.05) is 12.8 Å². The third-order valence-corrected chi connectivity index (χ3v) is 3.05. The quantitative estimate of drug-likeness (QED) is 0.736. The van der Waals surface area contributed by atoms with Crippen molar-refractivity contribution in [3.63, 3.8) is 0 Å².